The van der Waals surface area contributed by atoms with Gasteiger partial charge in [0.15, 0.2) is 17.3 Å². The van der Waals surface area contributed by atoms with Crippen LogP contribution >= 0.6 is 0 Å². The maximum atomic E-state index is 10.0. The Bertz CT molecular complexity index is 1120. The van der Waals surface area contributed by atoms with E-state index < -0.39 is 0 Å². The molecule has 0 saturated carbocycles. The molecule has 6 nitrogen and oxygen atoms in total. The minimum Gasteiger partial charge on any atom is -0.512 e. The number of benzene rings is 2. The first-order valence-electron chi connectivity index (χ1n) is 9.69. The van der Waals surface area contributed by atoms with Gasteiger partial charge in [0.25, 0.3) is 0 Å². The van der Waals surface area contributed by atoms with Crippen molar-refractivity contribution in [3.8, 4) is 28.5 Å². The van der Waals surface area contributed by atoms with Crippen LogP contribution in [0.4, 0.5) is 0 Å². The van der Waals surface area contributed by atoms with Gasteiger partial charge in [-0.15, -0.1) is 34.9 Å². The first-order chi connectivity index (χ1) is 14.7. The summed E-state index contributed by atoms with van der Waals surface area (Å²) in [7, 11) is 4.81. The van der Waals surface area contributed by atoms with Crippen LogP contribution in [0.15, 0.2) is 42.2 Å². The molecule has 1 heterocycles. The molecule has 32 heavy (non-hydrogen) atoms. The van der Waals surface area contributed by atoms with Gasteiger partial charge in [0.05, 0.1) is 32.6 Å². The number of carbonyl (C=O) groups is 1. The largest absolute Gasteiger partial charge is 0.512 e. The molecule has 3 rings (SSSR count). The first-order valence-corrected chi connectivity index (χ1v) is 9.69. The van der Waals surface area contributed by atoms with E-state index in [2.05, 4.69) is 26.0 Å². The Labute approximate surface area is 202 Å². The predicted octanol–water partition coefficient (Wildman–Crippen LogP) is 5.38. The molecule has 0 fully saturated rings. The predicted molar refractivity (Wildman–Crippen MR) is 122 cm³/mol. The van der Waals surface area contributed by atoms with Crippen LogP contribution in [0, 0.1) is 19.9 Å². The van der Waals surface area contributed by atoms with Gasteiger partial charge in [-0.1, -0.05) is 26.0 Å². The summed E-state index contributed by atoms with van der Waals surface area (Å²) in [6.45, 7) is 7.02. The van der Waals surface area contributed by atoms with Crippen molar-refractivity contribution < 1.29 is 44.2 Å². The van der Waals surface area contributed by atoms with Crippen molar-refractivity contribution in [3.05, 3.63) is 59.4 Å². The van der Waals surface area contributed by atoms with E-state index in [1.807, 2.05) is 24.3 Å². The van der Waals surface area contributed by atoms with E-state index in [0.717, 1.165) is 22.2 Å². The smallest absolute Gasteiger partial charge is 0.204 e. The average molecular weight is 615 g/mol. The van der Waals surface area contributed by atoms with Gasteiger partial charge >= 0.3 is 0 Å². The third-order valence-electron chi connectivity index (χ3n) is 4.69. The topological polar surface area (TPSA) is 77.9 Å². The fourth-order valence-corrected chi connectivity index (χ4v) is 3.13. The average Bonchev–Trinajstić information content (AvgIpc) is 2.73. The van der Waals surface area contributed by atoms with Crippen molar-refractivity contribution in [2.24, 2.45) is 0 Å². The minimum absolute atomic E-state index is 0. The zero-order valence-electron chi connectivity index (χ0n) is 19.3. The van der Waals surface area contributed by atoms with E-state index in [9.17, 15) is 4.79 Å². The van der Waals surface area contributed by atoms with Gasteiger partial charge in [0, 0.05) is 37.6 Å². The number of aliphatic hydroxyl groups excluding tert-OH is 1. The second kappa shape index (κ2) is 12.2. The van der Waals surface area contributed by atoms with Crippen LogP contribution in [0.1, 0.15) is 25.0 Å². The second-order valence-electron chi connectivity index (χ2n) is 6.97. The number of pyridine rings is 1. The fraction of sp³-hybridized carbons (Fsp3) is 0.280. The Hall–Kier alpha value is -2.89. The van der Waals surface area contributed by atoms with E-state index in [4.69, 9.17) is 24.3 Å². The summed E-state index contributed by atoms with van der Waals surface area (Å²) in [4.78, 5) is 14.8. The summed E-state index contributed by atoms with van der Waals surface area (Å²) < 4.78 is 16.4. The zero-order valence-corrected chi connectivity index (χ0v) is 21.7. The monoisotopic (exact) mass is 615 g/mol. The van der Waals surface area contributed by atoms with Gasteiger partial charge in [-0.25, -0.2) is 0 Å². The number of ketones is 1. The summed E-state index contributed by atoms with van der Waals surface area (Å²) in [5, 5.41) is 9.24. The van der Waals surface area contributed by atoms with E-state index in [0.29, 0.717) is 17.2 Å². The maximum Gasteiger partial charge on any atom is 0.204 e. The van der Waals surface area contributed by atoms with Crippen LogP contribution in [0.3, 0.4) is 0 Å². The van der Waals surface area contributed by atoms with E-state index in [1.54, 1.807) is 21.3 Å². The molecule has 1 aromatic heterocycles. The molecule has 0 aliphatic rings. The Morgan fingerprint density at radius 2 is 1.69 bits per heavy atom. The van der Waals surface area contributed by atoms with Crippen LogP contribution in [0.5, 0.6) is 17.2 Å². The van der Waals surface area contributed by atoms with E-state index in [1.165, 1.54) is 31.1 Å². The molecule has 0 spiro atoms. The maximum absolute atomic E-state index is 10.0. The molecule has 1 radical (unpaired) electrons. The summed E-state index contributed by atoms with van der Waals surface area (Å²) in [5.74, 6) is 1.72. The molecule has 0 saturated heterocycles. The van der Waals surface area contributed by atoms with Crippen molar-refractivity contribution in [1.82, 2.24) is 4.98 Å². The summed E-state index contributed by atoms with van der Waals surface area (Å²) >= 11 is 0. The van der Waals surface area contributed by atoms with Crippen molar-refractivity contribution in [1.29, 1.82) is 0 Å². The van der Waals surface area contributed by atoms with Gasteiger partial charge in [-0.2, -0.15) is 0 Å². The standard InChI is InChI=1S/C20H20NO3.C5H8O2.Ir/c1-12-7-6-8-14(13(12)2)16-10-9-15-17(21-16)11-18(22-3)20(24-5)19(15)23-4;1-4(6)3-5(2)7;/h6-7,9-11H,1-5H3;3,6H,1-2H3;/q-1;;/b;4-3-;. The Kier molecular flexibility index (Phi) is 10.4. The normalized spacial score (nSPS) is 10.5. The number of methoxy groups -OCH3 is 3. The zero-order chi connectivity index (χ0) is 23.1. The van der Waals surface area contributed by atoms with Crippen LogP contribution in [-0.2, 0) is 24.9 Å². The number of rotatable bonds is 5. The second-order valence-corrected chi connectivity index (χ2v) is 6.97. The van der Waals surface area contributed by atoms with Crippen molar-refractivity contribution in [3.63, 3.8) is 0 Å². The Morgan fingerprint density at radius 1 is 1.03 bits per heavy atom. The van der Waals surface area contributed by atoms with Gasteiger partial charge in [-0.3, -0.25) is 9.78 Å². The number of ether oxygens (including phenoxy) is 3. The number of aliphatic hydroxyl groups is 1. The number of allylic oxidation sites excluding steroid dienone is 2. The third-order valence-corrected chi connectivity index (χ3v) is 4.69. The number of aryl methyl sites for hydroxylation is 1. The van der Waals surface area contributed by atoms with Gasteiger partial charge < -0.3 is 19.3 Å². The van der Waals surface area contributed by atoms with Crippen molar-refractivity contribution >= 4 is 16.7 Å². The summed E-state index contributed by atoms with van der Waals surface area (Å²) in [6.07, 6.45) is 1.17. The third kappa shape index (κ3) is 6.31. The molecule has 7 heteroatoms. The molecule has 2 aromatic carbocycles. The van der Waals surface area contributed by atoms with Crippen LogP contribution in [0.25, 0.3) is 22.2 Å². The molecule has 0 bridgehead atoms. The number of fused-ring (bicyclic) bond motifs is 1. The van der Waals surface area contributed by atoms with Crippen LogP contribution in [0.2, 0.25) is 0 Å². The quantitative estimate of drug-likeness (QED) is 0.236. The number of hydrogen-bond donors (Lipinski definition) is 1. The minimum atomic E-state index is -0.125. The number of hydrogen-bond acceptors (Lipinski definition) is 6. The van der Waals surface area contributed by atoms with E-state index >= 15 is 0 Å². The van der Waals surface area contributed by atoms with Crippen molar-refractivity contribution in [2.75, 3.05) is 21.3 Å². The summed E-state index contributed by atoms with van der Waals surface area (Å²) in [5.41, 5.74) is 5.06. The fourth-order valence-electron chi connectivity index (χ4n) is 3.13. The van der Waals surface area contributed by atoms with Crippen LogP contribution < -0.4 is 14.2 Å². The molecule has 0 atom stereocenters. The number of carbonyl (C=O) groups excluding carboxylic acids is 1. The van der Waals surface area contributed by atoms with Crippen LogP contribution in [-0.4, -0.2) is 37.2 Å². The van der Waals surface area contributed by atoms with Crippen molar-refractivity contribution in [2.45, 2.75) is 27.7 Å². The molecule has 0 amide bonds. The van der Waals surface area contributed by atoms with Gasteiger partial charge in [-0.05, 0) is 19.5 Å². The molecule has 3 aromatic rings. The molecular weight excluding hydrogens is 586 g/mol. The molecule has 0 aliphatic heterocycles. The molecule has 1 N–H and O–H groups in total. The molecule has 0 unspecified atom stereocenters. The SMILES string of the molecule is CC(=O)/C=C(/C)O.COc1cc2nc(-c3[c-]ccc(C)c3C)ccc2c(OC)c1OC.[Ir]. The summed E-state index contributed by atoms with van der Waals surface area (Å²) in [6, 6.07) is 13.1. The van der Waals surface area contributed by atoms with Gasteiger partial charge in [0.1, 0.15) is 0 Å². The Morgan fingerprint density at radius 3 is 2.19 bits per heavy atom. The first kappa shape index (κ1) is 27.1. The van der Waals surface area contributed by atoms with Gasteiger partial charge in [0.2, 0.25) is 5.75 Å². The molecule has 173 valence electrons. The number of aromatic nitrogens is 1. The molecular formula is C25H28IrNO5-. The molecule has 0 aliphatic carbocycles. The number of nitrogens with zero attached hydrogens (tertiary/aromatic N) is 1. The van der Waals surface area contributed by atoms with E-state index in [-0.39, 0.29) is 31.6 Å². The Balaban J connectivity index is 0.000000558.